The van der Waals surface area contributed by atoms with E-state index in [1.807, 2.05) is 83.6 Å². The average molecular weight is 595 g/mol. The van der Waals surface area contributed by atoms with E-state index < -0.39 is 29.4 Å². The number of aromatic nitrogens is 4. The standard InChI is InChI=1S/C34H38N6O4/c1-33(2,35)32(43)37-34(20-30(41)42,19-23-9-5-4-6-10-23)31-39-38-29(40(31)22-24-13-16-26(44-3)17-14-24)18-15-25-21-36-28-12-8-7-11-27(25)28/h4-14,16-17,21,36H,15,18-20,22,35H2,1-3H3,(H,37,43)(H,41,42)/t34-/m1/s1. The number of hydrogen-bond acceptors (Lipinski definition) is 6. The molecule has 228 valence electrons. The summed E-state index contributed by atoms with van der Waals surface area (Å²) < 4.78 is 7.28. The number of aliphatic carboxylic acids is 1. The number of amides is 1. The molecule has 0 spiro atoms. The summed E-state index contributed by atoms with van der Waals surface area (Å²) in [7, 11) is 1.61. The molecule has 2 aromatic heterocycles. The molecule has 5 rings (SSSR count). The maximum atomic E-state index is 13.5. The van der Waals surface area contributed by atoms with Gasteiger partial charge in [0.2, 0.25) is 5.91 Å². The number of benzene rings is 3. The maximum absolute atomic E-state index is 13.5. The van der Waals surface area contributed by atoms with Crippen molar-refractivity contribution in [3.63, 3.8) is 0 Å². The van der Waals surface area contributed by atoms with Gasteiger partial charge in [0.15, 0.2) is 5.82 Å². The van der Waals surface area contributed by atoms with Gasteiger partial charge in [0.1, 0.15) is 17.1 Å². The van der Waals surface area contributed by atoms with Crippen LogP contribution in [0.25, 0.3) is 10.9 Å². The summed E-state index contributed by atoms with van der Waals surface area (Å²) in [6, 6.07) is 25.2. The van der Waals surface area contributed by atoms with Crippen molar-refractivity contribution in [1.29, 1.82) is 0 Å². The van der Waals surface area contributed by atoms with Crippen LogP contribution in [0.1, 0.15) is 48.6 Å². The lowest BCUT2D eigenvalue weighted by Gasteiger charge is -2.35. The zero-order chi connectivity index (χ0) is 31.3. The molecular formula is C34H38N6O4. The first-order valence-corrected chi connectivity index (χ1v) is 14.6. The molecule has 10 nitrogen and oxygen atoms in total. The van der Waals surface area contributed by atoms with Gasteiger partial charge >= 0.3 is 5.97 Å². The first kappa shape index (κ1) is 30.5. The predicted octanol–water partition coefficient (Wildman–Crippen LogP) is 4.37. The maximum Gasteiger partial charge on any atom is 0.306 e. The number of nitrogens with zero attached hydrogens (tertiary/aromatic N) is 3. The van der Waals surface area contributed by atoms with E-state index in [0.29, 0.717) is 31.0 Å². The number of H-pyrrole nitrogens is 1. The van der Waals surface area contributed by atoms with Crippen LogP contribution in [0.5, 0.6) is 5.75 Å². The molecule has 5 aromatic rings. The van der Waals surface area contributed by atoms with Crippen LogP contribution in [0, 0.1) is 0 Å². The van der Waals surface area contributed by atoms with E-state index in [0.717, 1.165) is 33.3 Å². The Kier molecular flexibility index (Phi) is 8.82. The van der Waals surface area contributed by atoms with Crippen LogP contribution < -0.4 is 15.8 Å². The second-order valence-electron chi connectivity index (χ2n) is 11.7. The molecule has 0 radical (unpaired) electrons. The number of nitrogens with two attached hydrogens (primary N) is 1. The fraction of sp³-hybridized carbons (Fsp3) is 0.294. The lowest BCUT2D eigenvalue weighted by molar-refractivity contribution is -0.140. The normalized spacial score (nSPS) is 13.0. The van der Waals surface area contributed by atoms with Gasteiger partial charge < -0.3 is 30.4 Å². The molecular weight excluding hydrogens is 556 g/mol. The van der Waals surface area contributed by atoms with Crippen LogP contribution in [-0.2, 0) is 40.9 Å². The highest BCUT2D eigenvalue weighted by Gasteiger charge is 2.44. The van der Waals surface area contributed by atoms with Crippen molar-refractivity contribution >= 4 is 22.8 Å². The van der Waals surface area contributed by atoms with Crippen LogP contribution in [0.2, 0.25) is 0 Å². The number of aryl methyl sites for hydroxylation is 2. The van der Waals surface area contributed by atoms with Gasteiger partial charge in [-0.25, -0.2) is 0 Å². The number of nitrogens with one attached hydrogen (secondary N) is 2. The largest absolute Gasteiger partial charge is 0.497 e. The highest BCUT2D eigenvalue weighted by atomic mass is 16.5. The Morgan fingerprint density at radius 2 is 1.66 bits per heavy atom. The fourth-order valence-corrected chi connectivity index (χ4v) is 5.48. The van der Waals surface area contributed by atoms with Gasteiger partial charge in [0.05, 0.1) is 25.6 Å². The predicted molar refractivity (Wildman–Crippen MR) is 168 cm³/mol. The van der Waals surface area contributed by atoms with E-state index in [1.165, 1.54) is 0 Å². The van der Waals surface area contributed by atoms with E-state index in [9.17, 15) is 14.7 Å². The molecule has 1 amide bonds. The molecule has 0 aliphatic carbocycles. The Morgan fingerprint density at radius 3 is 2.34 bits per heavy atom. The number of rotatable bonds is 13. The van der Waals surface area contributed by atoms with Crippen LogP contribution in [0.4, 0.5) is 0 Å². The molecule has 0 saturated heterocycles. The zero-order valence-electron chi connectivity index (χ0n) is 25.2. The minimum Gasteiger partial charge on any atom is -0.497 e. The molecule has 0 aliphatic rings. The van der Waals surface area contributed by atoms with Crippen molar-refractivity contribution in [2.24, 2.45) is 5.73 Å². The zero-order valence-corrected chi connectivity index (χ0v) is 25.2. The number of fused-ring (bicyclic) bond motifs is 1. The monoisotopic (exact) mass is 594 g/mol. The Morgan fingerprint density at radius 1 is 0.955 bits per heavy atom. The van der Waals surface area contributed by atoms with Crippen molar-refractivity contribution in [2.45, 2.75) is 57.2 Å². The molecule has 0 fully saturated rings. The third-order valence-corrected chi connectivity index (χ3v) is 7.79. The average Bonchev–Trinajstić information content (AvgIpc) is 3.60. The molecule has 0 bridgehead atoms. The van der Waals surface area contributed by atoms with Crippen molar-refractivity contribution in [2.75, 3.05) is 7.11 Å². The quantitative estimate of drug-likeness (QED) is 0.158. The Labute approximate surface area is 256 Å². The van der Waals surface area contributed by atoms with Gasteiger partial charge in [-0.2, -0.15) is 0 Å². The van der Waals surface area contributed by atoms with Crippen LogP contribution >= 0.6 is 0 Å². The summed E-state index contributed by atoms with van der Waals surface area (Å²) in [4.78, 5) is 29.3. The van der Waals surface area contributed by atoms with E-state index in [4.69, 9.17) is 10.5 Å². The summed E-state index contributed by atoms with van der Waals surface area (Å²) in [5.74, 6) is 0.166. The number of carbonyl (C=O) groups excluding carboxylic acids is 1. The van der Waals surface area contributed by atoms with Gasteiger partial charge in [-0.1, -0.05) is 60.7 Å². The molecule has 0 aliphatic heterocycles. The molecule has 3 aromatic carbocycles. The number of para-hydroxylation sites is 1. The highest BCUT2D eigenvalue weighted by Crippen LogP contribution is 2.31. The lowest BCUT2D eigenvalue weighted by Crippen LogP contribution is -2.58. The van der Waals surface area contributed by atoms with Gasteiger partial charge in [-0.05, 0) is 55.2 Å². The third kappa shape index (κ3) is 6.81. The second-order valence-corrected chi connectivity index (χ2v) is 11.7. The van der Waals surface area contributed by atoms with Crippen LogP contribution in [0.3, 0.4) is 0 Å². The molecule has 0 saturated carbocycles. The van der Waals surface area contributed by atoms with E-state index >= 15 is 0 Å². The van der Waals surface area contributed by atoms with Gasteiger partial charge in [-0.15, -0.1) is 10.2 Å². The number of ether oxygens (including phenoxy) is 1. The summed E-state index contributed by atoms with van der Waals surface area (Å²) in [5, 5.41) is 23.6. The molecule has 0 unspecified atom stereocenters. The summed E-state index contributed by atoms with van der Waals surface area (Å²) in [6.45, 7) is 3.53. The summed E-state index contributed by atoms with van der Waals surface area (Å²) >= 11 is 0. The number of carboxylic acids is 1. The van der Waals surface area contributed by atoms with Gasteiger partial charge in [0, 0.05) is 29.9 Å². The van der Waals surface area contributed by atoms with Gasteiger partial charge in [-0.3, -0.25) is 9.59 Å². The highest BCUT2D eigenvalue weighted by molar-refractivity contribution is 5.86. The SMILES string of the molecule is COc1ccc(Cn2c(CCc3c[nH]c4ccccc34)nnc2[C@](CC(=O)O)(Cc2ccccc2)NC(=O)C(C)(C)N)cc1. The van der Waals surface area contributed by atoms with Crippen LogP contribution in [-0.4, -0.2) is 49.4 Å². The smallest absolute Gasteiger partial charge is 0.306 e. The molecule has 1 atom stereocenters. The van der Waals surface area contributed by atoms with E-state index in [-0.39, 0.29) is 6.42 Å². The number of aromatic amines is 1. The fourth-order valence-electron chi connectivity index (χ4n) is 5.48. The number of carboxylic acid groups (broad SMARTS) is 1. The van der Waals surface area contributed by atoms with Crippen molar-refractivity contribution in [3.05, 3.63) is 113 Å². The second kappa shape index (κ2) is 12.7. The molecule has 10 heteroatoms. The summed E-state index contributed by atoms with van der Waals surface area (Å²) in [6.07, 6.45) is 2.97. The van der Waals surface area contributed by atoms with Crippen molar-refractivity contribution < 1.29 is 19.4 Å². The molecule has 5 N–H and O–H groups in total. The van der Waals surface area contributed by atoms with E-state index in [1.54, 1.807) is 21.0 Å². The van der Waals surface area contributed by atoms with Gasteiger partial charge in [0.25, 0.3) is 0 Å². The topological polar surface area (TPSA) is 148 Å². The lowest BCUT2D eigenvalue weighted by atomic mass is 9.85. The number of methoxy groups -OCH3 is 1. The Hall–Kier alpha value is -4.96. The molecule has 2 heterocycles. The van der Waals surface area contributed by atoms with Crippen molar-refractivity contribution in [1.82, 2.24) is 25.1 Å². The first-order chi connectivity index (χ1) is 21.1. The van der Waals surface area contributed by atoms with E-state index in [2.05, 4.69) is 26.6 Å². The van der Waals surface area contributed by atoms with Crippen LogP contribution in [0.15, 0.2) is 85.1 Å². The Bertz CT molecular complexity index is 1740. The molecule has 44 heavy (non-hydrogen) atoms. The first-order valence-electron chi connectivity index (χ1n) is 14.6. The minimum atomic E-state index is -1.45. The number of hydrogen-bond donors (Lipinski definition) is 4. The number of carbonyl (C=O) groups is 2. The van der Waals surface area contributed by atoms with Crippen molar-refractivity contribution in [3.8, 4) is 5.75 Å². The summed E-state index contributed by atoms with van der Waals surface area (Å²) in [5.41, 5.74) is 7.47. The Balaban J connectivity index is 1.63. The minimum absolute atomic E-state index is 0.172. The third-order valence-electron chi connectivity index (χ3n) is 7.79.